The Labute approximate surface area is 179 Å². The zero-order valence-electron chi connectivity index (χ0n) is 16.2. The Balaban J connectivity index is 2.17. The number of methoxy groups -OCH3 is 2. The van der Waals surface area contributed by atoms with Gasteiger partial charge in [0, 0.05) is 5.02 Å². The molecule has 0 aromatic heterocycles. The van der Waals surface area contributed by atoms with Crippen molar-refractivity contribution in [3.63, 3.8) is 0 Å². The van der Waals surface area contributed by atoms with Gasteiger partial charge in [-0.15, -0.1) is 0 Å². The van der Waals surface area contributed by atoms with Crippen molar-refractivity contribution in [3.05, 3.63) is 64.2 Å². The molecule has 0 spiro atoms. The average Bonchev–Trinajstić information content (AvgIpc) is 2.73. The Bertz CT molecular complexity index is 960. The van der Waals surface area contributed by atoms with E-state index < -0.39 is 12.0 Å². The number of hydrogen-bond donors (Lipinski definition) is 2. The first-order chi connectivity index (χ1) is 14.0. The molecule has 1 atom stereocenters. The average molecular weight is 433 g/mol. The number of carbonyl (C=O) groups excluding carboxylic acids is 1. The van der Waals surface area contributed by atoms with Crippen molar-refractivity contribution in [2.24, 2.45) is 0 Å². The van der Waals surface area contributed by atoms with Crippen molar-refractivity contribution in [1.29, 1.82) is 0 Å². The van der Waals surface area contributed by atoms with E-state index in [0.717, 1.165) is 11.1 Å². The van der Waals surface area contributed by atoms with E-state index in [0.29, 0.717) is 39.5 Å². The summed E-state index contributed by atoms with van der Waals surface area (Å²) in [5.74, 6) is 0.709. The first kappa shape index (κ1) is 21.0. The van der Waals surface area contributed by atoms with Crippen LogP contribution in [0.15, 0.2) is 48.0 Å². The molecule has 1 aliphatic heterocycles. The maximum atomic E-state index is 12.8. The van der Waals surface area contributed by atoms with Crippen LogP contribution in [0.4, 0.5) is 0 Å². The van der Waals surface area contributed by atoms with E-state index in [1.807, 2.05) is 31.2 Å². The normalized spacial score (nSPS) is 16.0. The second kappa shape index (κ2) is 9.15. The zero-order chi connectivity index (χ0) is 21.0. The lowest BCUT2D eigenvalue weighted by molar-refractivity contribution is -0.136. The molecule has 0 amide bonds. The summed E-state index contributed by atoms with van der Waals surface area (Å²) < 4.78 is 16.1. The van der Waals surface area contributed by atoms with E-state index in [2.05, 4.69) is 10.6 Å². The molecule has 152 valence electrons. The first-order valence-corrected chi connectivity index (χ1v) is 9.73. The summed E-state index contributed by atoms with van der Waals surface area (Å²) in [5.41, 5.74) is 2.51. The predicted octanol–water partition coefficient (Wildman–Crippen LogP) is 3.85. The van der Waals surface area contributed by atoms with Crippen molar-refractivity contribution in [3.8, 4) is 11.5 Å². The molecule has 2 N–H and O–H groups in total. The molecule has 0 bridgehead atoms. The van der Waals surface area contributed by atoms with Gasteiger partial charge in [-0.1, -0.05) is 29.8 Å². The lowest BCUT2D eigenvalue weighted by atomic mass is 9.92. The topological polar surface area (TPSA) is 68.8 Å². The number of esters is 1. The van der Waals surface area contributed by atoms with Gasteiger partial charge in [0.25, 0.3) is 0 Å². The highest BCUT2D eigenvalue weighted by Gasteiger charge is 2.33. The molecule has 0 radical (unpaired) electrons. The monoisotopic (exact) mass is 432 g/mol. The van der Waals surface area contributed by atoms with Gasteiger partial charge in [-0.25, -0.2) is 4.79 Å². The zero-order valence-corrected chi connectivity index (χ0v) is 17.8. The van der Waals surface area contributed by atoms with Crippen LogP contribution >= 0.6 is 23.8 Å². The molecule has 6 nitrogen and oxygen atoms in total. The van der Waals surface area contributed by atoms with E-state index in [4.69, 9.17) is 38.0 Å². The number of hydrogen-bond acceptors (Lipinski definition) is 5. The fraction of sp³-hybridized carbons (Fsp3) is 0.238. The Morgan fingerprint density at radius 1 is 1.14 bits per heavy atom. The molecule has 0 aliphatic carbocycles. The minimum Gasteiger partial charge on any atom is -0.493 e. The van der Waals surface area contributed by atoms with Gasteiger partial charge in [-0.2, -0.15) is 0 Å². The highest BCUT2D eigenvalue weighted by molar-refractivity contribution is 7.80. The van der Waals surface area contributed by atoms with Crippen LogP contribution in [0.3, 0.4) is 0 Å². The van der Waals surface area contributed by atoms with E-state index >= 15 is 0 Å². The summed E-state index contributed by atoms with van der Waals surface area (Å²) in [5, 5.41) is 7.22. The number of ether oxygens (including phenoxy) is 3. The standard InChI is InChI=1S/C21H21ClN2O4S/c1-4-28-16-11-13(7-10-15(16)26-2)19-17(20(25)27-3)18(23-21(29)24-19)12-5-8-14(22)9-6-12/h5-11,19H,4H2,1-3H3,(H2,23,24,29)/t19-/m1/s1. The predicted molar refractivity (Wildman–Crippen MR) is 116 cm³/mol. The van der Waals surface area contributed by atoms with Crippen molar-refractivity contribution in [2.75, 3.05) is 20.8 Å². The molecule has 1 aliphatic rings. The Morgan fingerprint density at radius 2 is 1.86 bits per heavy atom. The van der Waals surface area contributed by atoms with Crippen LogP contribution < -0.4 is 20.1 Å². The van der Waals surface area contributed by atoms with Crippen molar-refractivity contribution >= 4 is 40.6 Å². The second-order valence-electron chi connectivity index (χ2n) is 6.16. The van der Waals surface area contributed by atoms with E-state index in [1.54, 1.807) is 25.3 Å². The van der Waals surface area contributed by atoms with Crippen LogP contribution in [0.2, 0.25) is 5.02 Å². The Kier molecular flexibility index (Phi) is 6.61. The maximum Gasteiger partial charge on any atom is 0.338 e. The smallest absolute Gasteiger partial charge is 0.338 e. The quantitative estimate of drug-likeness (QED) is 0.530. The molecule has 1 heterocycles. The molecule has 0 unspecified atom stereocenters. The van der Waals surface area contributed by atoms with Gasteiger partial charge in [0.1, 0.15) is 0 Å². The van der Waals surface area contributed by atoms with E-state index in [1.165, 1.54) is 7.11 Å². The van der Waals surface area contributed by atoms with Crippen LogP contribution in [0, 0.1) is 0 Å². The largest absolute Gasteiger partial charge is 0.493 e. The molecule has 0 saturated carbocycles. The SMILES string of the molecule is CCOc1cc([C@H]2NC(=S)NC(c3ccc(Cl)cc3)=C2C(=O)OC)ccc1OC. The summed E-state index contributed by atoms with van der Waals surface area (Å²) in [4.78, 5) is 12.8. The van der Waals surface area contributed by atoms with Crippen LogP contribution in [0.1, 0.15) is 24.1 Å². The summed E-state index contributed by atoms with van der Waals surface area (Å²) in [7, 11) is 2.92. The second-order valence-corrected chi connectivity index (χ2v) is 7.01. The van der Waals surface area contributed by atoms with Gasteiger partial charge in [0.05, 0.1) is 38.1 Å². The van der Waals surface area contributed by atoms with E-state index in [-0.39, 0.29) is 0 Å². The van der Waals surface area contributed by atoms with Crippen molar-refractivity contribution in [2.45, 2.75) is 13.0 Å². The van der Waals surface area contributed by atoms with Gasteiger partial charge < -0.3 is 24.8 Å². The summed E-state index contributed by atoms with van der Waals surface area (Å²) in [6.45, 7) is 2.37. The molecule has 29 heavy (non-hydrogen) atoms. The third-order valence-corrected chi connectivity index (χ3v) is 4.90. The van der Waals surface area contributed by atoms with Crippen molar-refractivity contribution < 1.29 is 19.0 Å². The lowest BCUT2D eigenvalue weighted by Gasteiger charge is -2.31. The Hall–Kier alpha value is -2.77. The van der Waals surface area contributed by atoms with Crippen LogP contribution in [-0.4, -0.2) is 31.9 Å². The molecule has 8 heteroatoms. The van der Waals surface area contributed by atoms with Gasteiger partial charge in [-0.3, -0.25) is 0 Å². The summed E-state index contributed by atoms with van der Waals surface area (Å²) in [6.07, 6.45) is 0. The molecule has 3 rings (SSSR count). The Morgan fingerprint density at radius 3 is 2.48 bits per heavy atom. The van der Waals surface area contributed by atoms with Crippen LogP contribution in [0.5, 0.6) is 11.5 Å². The van der Waals surface area contributed by atoms with E-state index in [9.17, 15) is 4.79 Å². The third kappa shape index (κ3) is 4.46. The molecular formula is C21H21ClN2O4S. The maximum absolute atomic E-state index is 12.8. The molecule has 0 saturated heterocycles. The van der Waals surface area contributed by atoms with Crippen LogP contribution in [0.25, 0.3) is 5.70 Å². The number of nitrogens with one attached hydrogen (secondary N) is 2. The molecular weight excluding hydrogens is 412 g/mol. The number of halogens is 1. The number of thiocarbonyl (C=S) groups is 1. The fourth-order valence-corrected chi connectivity index (χ4v) is 3.48. The molecule has 2 aromatic carbocycles. The number of carbonyl (C=O) groups is 1. The minimum absolute atomic E-state index is 0.390. The van der Waals surface area contributed by atoms with Crippen LogP contribution in [-0.2, 0) is 9.53 Å². The highest BCUT2D eigenvalue weighted by atomic mass is 35.5. The summed E-state index contributed by atoms with van der Waals surface area (Å²) >= 11 is 11.4. The third-order valence-electron chi connectivity index (χ3n) is 4.43. The molecule has 2 aromatic rings. The fourth-order valence-electron chi connectivity index (χ4n) is 3.13. The van der Waals surface area contributed by atoms with Gasteiger partial charge >= 0.3 is 5.97 Å². The minimum atomic E-state index is -0.535. The van der Waals surface area contributed by atoms with Gasteiger partial charge in [-0.05, 0) is 54.5 Å². The summed E-state index contributed by atoms with van der Waals surface area (Å²) in [6, 6.07) is 12.1. The highest BCUT2D eigenvalue weighted by Crippen LogP contribution is 2.36. The first-order valence-electron chi connectivity index (χ1n) is 8.95. The molecule has 0 fully saturated rings. The number of rotatable bonds is 6. The van der Waals surface area contributed by atoms with Gasteiger partial charge in [0.15, 0.2) is 16.6 Å². The number of benzene rings is 2. The lowest BCUT2D eigenvalue weighted by Crippen LogP contribution is -2.45. The van der Waals surface area contributed by atoms with Gasteiger partial charge in [0.2, 0.25) is 0 Å². The van der Waals surface area contributed by atoms with Crippen molar-refractivity contribution in [1.82, 2.24) is 10.6 Å².